The average molecular weight is 154 g/mol. The lowest BCUT2D eigenvalue weighted by atomic mass is 9.98. The minimum absolute atomic E-state index is 0.475. The molecule has 0 spiro atoms. The molecule has 0 radical (unpaired) electrons. The van der Waals surface area contributed by atoms with E-state index in [1.165, 1.54) is 32.4 Å². The predicted octanol–water partition coefficient (Wildman–Crippen LogP) is 0.818. The van der Waals surface area contributed by atoms with E-state index < -0.39 is 0 Å². The molecule has 1 aliphatic heterocycles. The molecule has 1 saturated heterocycles. The zero-order valence-corrected chi connectivity index (χ0v) is 7.29. The van der Waals surface area contributed by atoms with Crippen molar-refractivity contribution in [1.29, 1.82) is 0 Å². The van der Waals surface area contributed by atoms with Gasteiger partial charge in [-0.3, -0.25) is 4.90 Å². The molecule has 2 heteroatoms. The molecule has 1 heterocycles. The summed E-state index contributed by atoms with van der Waals surface area (Å²) in [5.41, 5.74) is 5.99. The number of nitrogens with two attached hydrogens (primary N) is 1. The lowest BCUT2D eigenvalue weighted by molar-refractivity contribution is 0.0582. The molecule has 2 atom stereocenters. The van der Waals surface area contributed by atoms with Gasteiger partial charge in [-0.25, -0.2) is 0 Å². The van der Waals surface area contributed by atoms with Crippen LogP contribution in [0.2, 0.25) is 0 Å². The first-order valence-electron chi connectivity index (χ1n) is 4.77. The van der Waals surface area contributed by atoms with Crippen LogP contribution in [0.15, 0.2) is 0 Å². The van der Waals surface area contributed by atoms with Crippen LogP contribution in [0, 0.1) is 5.92 Å². The largest absolute Gasteiger partial charge is 0.326 e. The van der Waals surface area contributed by atoms with E-state index in [2.05, 4.69) is 11.8 Å². The number of hydrogen-bond acceptors (Lipinski definition) is 2. The fourth-order valence-corrected chi connectivity index (χ4v) is 2.44. The van der Waals surface area contributed by atoms with Gasteiger partial charge in [0.2, 0.25) is 0 Å². The number of hydrogen-bond donors (Lipinski definition) is 1. The Morgan fingerprint density at radius 2 is 2.00 bits per heavy atom. The van der Waals surface area contributed by atoms with Gasteiger partial charge in [-0.2, -0.15) is 0 Å². The third-order valence-electron chi connectivity index (χ3n) is 3.09. The highest BCUT2D eigenvalue weighted by Crippen LogP contribution is 2.28. The van der Waals surface area contributed by atoms with Crippen LogP contribution in [-0.2, 0) is 0 Å². The maximum atomic E-state index is 5.99. The molecule has 2 rings (SSSR count). The average Bonchev–Trinajstić information content (AvgIpc) is 2.29. The fourth-order valence-electron chi connectivity index (χ4n) is 2.44. The molecule has 2 nitrogen and oxygen atoms in total. The Bertz CT molecular complexity index is 140. The van der Waals surface area contributed by atoms with Crippen molar-refractivity contribution in [2.45, 2.75) is 38.3 Å². The molecule has 2 unspecified atom stereocenters. The third-order valence-corrected chi connectivity index (χ3v) is 3.09. The zero-order valence-electron chi connectivity index (χ0n) is 7.29. The first-order chi connectivity index (χ1) is 5.27. The molecule has 0 amide bonds. The van der Waals surface area contributed by atoms with Gasteiger partial charge < -0.3 is 5.73 Å². The van der Waals surface area contributed by atoms with Crippen molar-refractivity contribution in [3.63, 3.8) is 0 Å². The van der Waals surface area contributed by atoms with Gasteiger partial charge in [0.05, 0.1) is 0 Å². The number of likely N-dealkylation sites (tertiary alicyclic amines) is 1. The summed E-state index contributed by atoms with van der Waals surface area (Å²) >= 11 is 0. The molecule has 0 aromatic heterocycles. The van der Waals surface area contributed by atoms with Crippen molar-refractivity contribution < 1.29 is 0 Å². The van der Waals surface area contributed by atoms with E-state index >= 15 is 0 Å². The lowest BCUT2D eigenvalue weighted by Gasteiger charge is -2.43. The summed E-state index contributed by atoms with van der Waals surface area (Å²) < 4.78 is 0. The summed E-state index contributed by atoms with van der Waals surface area (Å²) in [6.07, 6.45) is 3.93. The van der Waals surface area contributed by atoms with Gasteiger partial charge in [-0.15, -0.1) is 0 Å². The summed E-state index contributed by atoms with van der Waals surface area (Å²) in [6.45, 7) is 4.90. The fraction of sp³-hybridized carbons (Fsp3) is 1.00. The quantitative estimate of drug-likeness (QED) is 0.606. The Labute approximate surface area is 68.7 Å². The Balaban J connectivity index is 1.85. The molecule has 64 valence electrons. The molecule has 0 aromatic rings. The molecular formula is C9H18N2. The highest BCUT2D eigenvalue weighted by atomic mass is 15.2. The Morgan fingerprint density at radius 1 is 1.27 bits per heavy atom. The minimum atomic E-state index is 0.475. The monoisotopic (exact) mass is 154 g/mol. The van der Waals surface area contributed by atoms with Gasteiger partial charge in [0.1, 0.15) is 0 Å². The molecule has 2 fully saturated rings. The topological polar surface area (TPSA) is 29.3 Å². The summed E-state index contributed by atoms with van der Waals surface area (Å²) in [6, 6.07) is 1.20. The van der Waals surface area contributed by atoms with Crippen molar-refractivity contribution >= 4 is 0 Å². The van der Waals surface area contributed by atoms with Gasteiger partial charge in [0, 0.05) is 25.2 Å². The standard InChI is InChI=1S/C9H18N2/c1-7-5-11(6-7)9-4-2-3-8(9)10/h7-9H,2-6,10H2,1H3. The summed E-state index contributed by atoms with van der Waals surface area (Å²) in [7, 11) is 0. The van der Waals surface area contributed by atoms with Crippen LogP contribution < -0.4 is 5.73 Å². The van der Waals surface area contributed by atoms with E-state index in [9.17, 15) is 0 Å². The van der Waals surface area contributed by atoms with Crippen LogP contribution in [0.5, 0.6) is 0 Å². The normalized spacial score (nSPS) is 40.9. The molecule has 1 saturated carbocycles. The van der Waals surface area contributed by atoms with Crippen molar-refractivity contribution in [2.75, 3.05) is 13.1 Å². The van der Waals surface area contributed by atoms with Crippen LogP contribution in [0.1, 0.15) is 26.2 Å². The molecule has 0 bridgehead atoms. The van der Waals surface area contributed by atoms with Gasteiger partial charge in [0.15, 0.2) is 0 Å². The third kappa shape index (κ3) is 1.30. The van der Waals surface area contributed by atoms with Crippen LogP contribution in [0.3, 0.4) is 0 Å². The predicted molar refractivity (Wildman–Crippen MR) is 46.4 cm³/mol. The molecule has 1 aliphatic carbocycles. The van der Waals surface area contributed by atoms with E-state index in [1.807, 2.05) is 0 Å². The first kappa shape index (κ1) is 7.56. The summed E-state index contributed by atoms with van der Waals surface area (Å²) in [5.74, 6) is 0.919. The lowest BCUT2D eigenvalue weighted by Crippen LogP contribution is -2.55. The molecule has 11 heavy (non-hydrogen) atoms. The van der Waals surface area contributed by atoms with Gasteiger partial charge in [-0.05, 0) is 18.8 Å². The maximum Gasteiger partial charge on any atom is 0.0247 e. The van der Waals surface area contributed by atoms with Crippen LogP contribution in [0.4, 0.5) is 0 Å². The van der Waals surface area contributed by atoms with Gasteiger partial charge >= 0.3 is 0 Å². The molecule has 2 N–H and O–H groups in total. The summed E-state index contributed by atoms with van der Waals surface area (Å²) in [5, 5.41) is 0. The van der Waals surface area contributed by atoms with E-state index in [4.69, 9.17) is 5.73 Å². The second kappa shape index (κ2) is 2.76. The van der Waals surface area contributed by atoms with Crippen LogP contribution >= 0.6 is 0 Å². The smallest absolute Gasteiger partial charge is 0.0247 e. The van der Waals surface area contributed by atoms with Crippen molar-refractivity contribution in [2.24, 2.45) is 11.7 Å². The van der Waals surface area contributed by atoms with Crippen molar-refractivity contribution in [3.05, 3.63) is 0 Å². The van der Waals surface area contributed by atoms with E-state index in [1.54, 1.807) is 0 Å². The Morgan fingerprint density at radius 3 is 2.45 bits per heavy atom. The highest BCUT2D eigenvalue weighted by molar-refractivity contribution is 4.92. The number of rotatable bonds is 1. The SMILES string of the molecule is CC1CN(C2CCCC2N)C1. The first-order valence-corrected chi connectivity index (χ1v) is 4.77. The van der Waals surface area contributed by atoms with E-state index in [0.717, 1.165) is 12.0 Å². The Hall–Kier alpha value is -0.0800. The van der Waals surface area contributed by atoms with Crippen LogP contribution in [-0.4, -0.2) is 30.1 Å². The minimum Gasteiger partial charge on any atom is -0.326 e. The Kier molecular flexibility index (Phi) is 1.90. The van der Waals surface area contributed by atoms with Gasteiger partial charge in [0.25, 0.3) is 0 Å². The molecule has 2 aliphatic rings. The van der Waals surface area contributed by atoms with Crippen molar-refractivity contribution in [3.8, 4) is 0 Å². The molecular weight excluding hydrogens is 136 g/mol. The molecule has 0 aromatic carbocycles. The summed E-state index contributed by atoms with van der Waals surface area (Å²) in [4.78, 5) is 2.56. The second-order valence-corrected chi connectivity index (χ2v) is 4.22. The second-order valence-electron chi connectivity index (χ2n) is 4.22. The highest BCUT2D eigenvalue weighted by Gasteiger charge is 2.35. The van der Waals surface area contributed by atoms with Crippen molar-refractivity contribution in [1.82, 2.24) is 4.90 Å². The van der Waals surface area contributed by atoms with Gasteiger partial charge in [-0.1, -0.05) is 13.3 Å². The number of nitrogens with zero attached hydrogens (tertiary/aromatic N) is 1. The van der Waals surface area contributed by atoms with E-state index in [0.29, 0.717) is 6.04 Å². The maximum absolute atomic E-state index is 5.99. The zero-order chi connectivity index (χ0) is 7.84. The van der Waals surface area contributed by atoms with Crippen LogP contribution in [0.25, 0.3) is 0 Å². The van der Waals surface area contributed by atoms with E-state index in [-0.39, 0.29) is 0 Å².